The Labute approximate surface area is 137 Å². The molecule has 0 aliphatic carbocycles. The first kappa shape index (κ1) is 18.7. The van der Waals surface area contributed by atoms with E-state index in [1.807, 2.05) is 20.8 Å². The molecule has 1 aromatic rings. The van der Waals surface area contributed by atoms with E-state index in [4.69, 9.17) is 28.9 Å². The summed E-state index contributed by atoms with van der Waals surface area (Å²) in [6.07, 6.45) is 0.706. The first-order chi connectivity index (χ1) is 9.64. The van der Waals surface area contributed by atoms with E-state index < -0.39 is 10.0 Å². The Bertz CT molecular complexity index is 589. The highest BCUT2D eigenvalue weighted by Gasteiger charge is 2.31. The lowest BCUT2D eigenvalue weighted by Gasteiger charge is -2.31. The van der Waals surface area contributed by atoms with E-state index in [1.165, 1.54) is 16.4 Å². The molecule has 0 aromatic heterocycles. The highest BCUT2D eigenvalue weighted by molar-refractivity contribution is 7.89. The van der Waals surface area contributed by atoms with Crippen LogP contribution in [0.3, 0.4) is 0 Å². The van der Waals surface area contributed by atoms with Crippen LogP contribution in [-0.4, -0.2) is 32.4 Å². The zero-order chi connectivity index (χ0) is 16.3. The van der Waals surface area contributed by atoms with Crippen LogP contribution < -0.4 is 5.73 Å². The van der Waals surface area contributed by atoms with Crippen LogP contribution in [0.25, 0.3) is 0 Å². The fourth-order valence-electron chi connectivity index (χ4n) is 1.89. The molecule has 0 radical (unpaired) electrons. The number of hydrogen-bond donors (Lipinski definition) is 1. The smallest absolute Gasteiger partial charge is 0.244 e. The molecule has 1 rings (SSSR count). The molecule has 120 valence electrons. The summed E-state index contributed by atoms with van der Waals surface area (Å²) in [7, 11) is -3.70. The van der Waals surface area contributed by atoms with Crippen LogP contribution in [-0.2, 0) is 10.0 Å². The van der Waals surface area contributed by atoms with Crippen molar-refractivity contribution in [1.29, 1.82) is 0 Å². The van der Waals surface area contributed by atoms with E-state index in [9.17, 15) is 8.42 Å². The first-order valence-corrected chi connectivity index (χ1v) is 8.99. The quantitative estimate of drug-likeness (QED) is 0.817. The van der Waals surface area contributed by atoms with Gasteiger partial charge >= 0.3 is 0 Å². The number of benzene rings is 1. The van der Waals surface area contributed by atoms with Gasteiger partial charge < -0.3 is 5.73 Å². The number of halogens is 2. The molecule has 1 aromatic carbocycles. The Balaban J connectivity index is 3.25. The van der Waals surface area contributed by atoms with E-state index in [-0.39, 0.29) is 15.3 Å². The maximum Gasteiger partial charge on any atom is 0.244 e. The molecule has 0 spiro atoms. The van der Waals surface area contributed by atoms with Crippen molar-refractivity contribution in [3.63, 3.8) is 0 Å². The van der Waals surface area contributed by atoms with Gasteiger partial charge in [0.1, 0.15) is 4.90 Å². The van der Waals surface area contributed by atoms with Crippen molar-refractivity contribution in [2.45, 2.75) is 32.1 Å². The lowest BCUT2D eigenvalue weighted by atomic mass is 9.94. The molecular weight excluding hydrogens is 331 g/mol. The van der Waals surface area contributed by atoms with E-state index in [1.54, 1.807) is 6.07 Å². The minimum atomic E-state index is -3.70. The third-order valence-electron chi connectivity index (χ3n) is 3.14. The van der Waals surface area contributed by atoms with Crippen LogP contribution in [0.2, 0.25) is 10.0 Å². The predicted octanol–water partition coefficient (Wildman–Crippen LogP) is 3.38. The second kappa shape index (κ2) is 7.29. The van der Waals surface area contributed by atoms with Gasteiger partial charge in [-0.2, -0.15) is 4.31 Å². The zero-order valence-corrected chi connectivity index (χ0v) is 14.9. The summed E-state index contributed by atoms with van der Waals surface area (Å²) in [6, 6.07) is 4.45. The third-order valence-corrected chi connectivity index (χ3v) is 5.70. The predicted molar refractivity (Wildman–Crippen MR) is 88.3 cm³/mol. The summed E-state index contributed by atoms with van der Waals surface area (Å²) < 4.78 is 27.1. The minimum absolute atomic E-state index is 0.0398. The number of nitrogens with zero attached hydrogens (tertiary/aromatic N) is 1. The topological polar surface area (TPSA) is 63.4 Å². The second-order valence-corrected chi connectivity index (χ2v) is 8.53. The Morgan fingerprint density at radius 1 is 1.29 bits per heavy atom. The molecule has 2 N–H and O–H groups in total. The average Bonchev–Trinajstić information content (AvgIpc) is 2.40. The minimum Gasteiger partial charge on any atom is -0.330 e. The lowest BCUT2D eigenvalue weighted by Crippen LogP contribution is -2.42. The van der Waals surface area contributed by atoms with Gasteiger partial charge in [-0.15, -0.1) is 0 Å². The van der Waals surface area contributed by atoms with Crippen molar-refractivity contribution < 1.29 is 8.42 Å². The van der Waals surface area contributed by atoms with Gasteiger partial charge in [0.05, 0.1) is 5.02 Å². The first-order valence-electron chi connectivity index (χ1n) is 6.79. The molecule has 0 aliphatic rings. The van der Waals surface area contributed by atoms with Gasteiger partial charge in [0.2, 0.25) is 10.0 Å². The van der Waals surface area contributed by atoms with Gasteiger partial charge in [0, 0.05) is 18.1 Å². The molecule has 7 heteroatoms. The monoisotopic (exact) mass is 352 g/mol. The fourth-order valence-corrected chi connectivity index (χ4v) is 4.35. The number of nitrogens with two attached hydrogens (primary N) is 1. The SMILES string of the molecule is CCCN(CC(C)(C)CN)S(=O)(=O)c1cc(Cl)ccc1Cl. The summed E-state index contributed by atoms with van der Waals surface area (Å²) in [5.74, 6) is 0. The van der Waals surface area contributed by atoms with Crippen molar-refractivity contribution >= 4 is 33.2 Å². The molecule has 0 bridgehead atoms. The summed E-state index contributed by atoms with van der Waals surface area (Å²) in [4.78, 5) is 0.0398. The molecule has 0 saturated carbocycles. The lowest BCUT2D eigenvalue weighted by molar-refractivity contribution is 0.266. The van der Waals surface area contributed by atoms with Crippen LogP contribution in [0, 0.1) is 5.41 Å². The summed E-state index contributed by atoms with van der Waals surface area (Å²) in [5.41, 5.74) is 5.41. The normalized spacial score (nSPS) is 12.9. The van der Waals surface area contributed by atoms with Crippen LogP contribution in [0.15, 0.2) is 23.1 Å². The van der Waals surface area contributed by atoms with Crippen molar-refractivity contribution in [3.8, 4) is 0 Å². The van der Waals surface area contributed by atoms with E-state index in [0.29, 0.717) is 31.1 Å². The summed E-state index contributed by atoms with van der Waals surface area (Å²) >= 11 is 11.9. The molecule has 0 saturated heterocycles. The van der Waals surface area contributed by atoms with Crippen LogP contribution >= 0.6 is 23.2 Å². The maximum absolute atomic E-state index is 12.8. The van der Waals surface area contributed by atoms with Gasteiger partial charge in [-0.1, -0.05) is 44.0 Å². The summed E-state index contributed by atoms with van der Waals surface area (Å²) in [5, 5.41) is 0.513. The largest absolute Gasteiger partial charge is 0.330 e. The highest BCUT2D eigenvalue weighted by atomic mass is 35.5. The van der Waals surface area contributed by atoms with E-state index in [2.05, 4.69) is 0 Å². The highest BCUT2D eigenvalue weighted by Crippen LogP contribution is 2.29. The van der Waals surface area contributed by atoms with Crippen molar-refractivity contribution in [2.75, 3.05) is 19.6 Å². The molecule has 0 fully saturated rings. The van der Waals surface area contributed by atoms with E-state index in [0.717, 1.165) is 0 Å². The standard InChI is InChI=1S/C14H22Cl2N2O2S/c1-4-7-18(10-14(2,3)9-17)21(19,20)13-8-11(15)5-6-12(13)16/h5-6,8H,4,7,9-10,17H2,1-3H3. The van der Waals surface area contributed by atoms with Crippen LogP contribution in [0.1, 0.15) is 27.2 Å². The van der Waals surface area contributed by atoms with Gasteiger partial charge in [-0.05, 0) is 36.6 Å². The Hall–Kier alpha value is -0.330. The van der Waals surface area contributed by atoms with E-state index >= 15 is 0 Å². The number of hydrogen-bond acceptors (Lipinski definition) is 3. The molecule has 0 amide bonds. The molecule has 0 heterocycles. The van der Waals surface area contributed by atoms with Gasteiger partial charge in [0.15, 0.2) is 0 Å². The van der Waals surface area contributed by atoms with Gasteiger partial charge in [0.25, 0.3) is 0 Å². The number of rotatable bonds is 7. The molecule has 0 atom stereocenters. The van der Waals surface area contributed by atoms with Crippen LogP contribution in [0.4, 0.5) is 0 Å². The molecular formula is C14H22Cl2N2O2S. The Morgan fingerprint density at radius 2 is 1.90 bits per heavy atom. The van der Waals surface area contributed by atoms with Crippen molar-refractivity contribution in [3.05, 3.63) is 28.2 Å². The third kappa shape index (κ3) is 4.83. The van der Waals surface area contributed by atoms with Gasteiger partial charge in [-0.25, -0.2) is 8.42 Å². The zero-order valence-electron chi connectivity index (χ0n) is 12.6. The molecule has 0 unspecified atom stereocenters. The van der Waals surface area contributed by atoms with Crippen LogP contribution in [0.5, 0.6) is 0 Å². The average molecular weight is 353 g/mol. The van der Waals surface area contributed by atoms with Crippen molar-refractivity contribution in [2.24, 2.45) is 11.1 Å². The second-order valence-electron chi connectivity index (χ2n) is 5.78. The molecule has 21 heavy (non-hydrogen) atoms. The van der Waals surface area contributed by atoms with Crippen molar-refractivity contribution in [1.82, 2.24) is 4.31 Å². The summed E-state index contributed by atoms with van der Waals surface area (Å²) in [6.45, 7) is 6.94. The fraction of sp³-hybridized carbons (Fsp3) is 0.571. The maximum atomic E-state index is 12.8. The van der Waals surface area contributed by atoms with Gasteiger partial charge in [-0.3, -0.25) is 0 Å². The Morgan fingerprint density at radius 3 is 2.43 bits per heavy atom. The Kier molecular flexibility index (Phi) is 6.50. The molecule has 4 nitrogen and oxygen atoms in total. The molecule has 0 aliphatic heterocycles. The number of sulfonamides is 1.